The number of anilines is 1. The number of hydrogen-bond donors (Lipinski definition) is 1. The number of halogens is 1. The topological polar surface area (TPSA) is 73.9 Å². The van der Waals surface area contributed by atoms with E-state index >= 15 is 0 Å². The molecule has 1 amide bonds. The van der Waals surface area contributed by atoms with Crippen LogP contribution in [0.3, 0.4) is 0 Å². The molecule has 32 heavy (non-hydrogen) atoms. The molecule has 2 aromatic carbocycles. The molecule has 168 valence electrons. The third-order valence-electron chi connectivity index (χ3n) is 4.78. The SMILES string of the molecule is CCOC(=O)c1c(-c2ccccc2)csc1NC(=O)CCc1cc(OC)c(OC)cc1Br. The Hall–Kier alpha value is -2.84. The van der Waals surface area contributed by atoms with E-state index in [4.69, 9.17) is 14.2 Å². The number of hydrogen-bond acceptors (Lipinski definition) is 6. The van der Waals surface area contributed by atoms with Gasteiger partial charge in [0.25, 0.3) is 0 Å². The summed E-state index contributed by atoms with van der Waals surface area (Å²) in [5, 5.41) is 5.24. The van der Waals surface area contributed by atoms with Gasteiger partial charge in [-0.25, -0.2) is 4.79 Å². The molecule has 1 N–H and O–H groups in total. The lowest BCUT2D eigenvalue weighted by Crippen LogP contribution is -2.15. The van der Waals surface area contributed by atoms with Crippen LogP contribution in [-0.2, 0) is 16.0 Å². The minimum absolute atomic E-state index is 0.196. The molecule has 0 bridgehead atoms. The summed E-state index contributed by atoms with van der Waals surface area (Å²) < 4.78 is 16.7. The molecule has 0 aliphatic heterocycles. The zero-order chi connectivity index (χ0) is 23.1. The van der Waals surface area contributed by atoms with Crippen LogP contribution in [0.2, 0.25) is 0 Å². The molecule has 1 heterocycles. The molecule has 0 aliphatic carbocycles. The molecule has 0 spiro atoms. The van der Waals surface area contributed by atoms with Gasteiger partial charge in [0.1, 0.15) is 10.6 Å². The number of rotatable bonds is 9. The van der Waals surface area contributed by atoms with Crippen molar-refractivity contribution in [3.8, 4) is 22.6 Å². The molecule has 0 fully saturated rings. The van der Waals surface area contributed by atoms with E-state index in [-0.39, 0.29) is 18.9 Å². The molecule has 0 atom stereocenters. The van der Waals surface area contributed by atoms with E-state index in [9.17, 15) is 9.59 Å². The zero-order valence-corrected chi connectivity index (χ0v) is 20.5. The van der Waals surface area contributed by atoms with E-state index in [0.717, 1.165) is 21.2 Å². The summed E-state index contributed by atoms with van der Waals surface area (Å²) in [6.07, 6.45) is 0.716. The van der Waals surface area contributed by atoms with Crippen molar-refractivity contribution in [3.05, 3.63) is 63.4 Å². The summed E-state index contributed by atoms with van der Waals surface area (Å²) in [4.78, 5) is 25.4. The standard InChI is InChI=1S/C24H24BrNO5S/c1-4-31-24(28)22-17(15-8-6-5-7-9-15)14-32-23(22)26-21(27)11-10-16-12-19(29-2)20(30-3)13-18(16)25/h5-9,12-14H,4,10-11H2,1-3H3,(H,26,27). The van der Waals surface area contributed by atoms with Crippen LogP contribution in [0.4, 0.5) is 5.00 Å². The summed E-state index contributed by atoms with van der Waals surface area (Å²) in [5.41, 5.74) is 2.93. The zero-order valence-electron chi connectivity index (χ0n) is 18.1. The predicted octanol–water partition coefficient (Wildman–Crippen LogP) is 5.94. The Kier molecular flexibility index (Phi) is 8.30. The molecular weight excluding hydrogens is 494 g/mol. The summed E-state index contributed by atoms with van der Waals surface area (Å²) >= 11 is 4.83. The summed E-state index contributed by atoms with van der Waals surface area (Å²) in [6, 6.07) is 13.2. The normalized spacial score (nSPS) is 10.5. The number of methoxy groups -OCH3 is 2. The second kappa shape index (κ2) is 11.2. The highest BCUT2D eigenvalue weighted by Crippen LogP contribution is 2.37. The van der Waals surface area contributed by atoms with Gasteiger partial charge in [-0.3, -0.25) is 4.79 Å². The van der Waals surface area contributed by atoms with Crippen LogP contribution in [0.15, 0.2) is 52.3 Å². The lowest BCUT2D eigenvalue weighted by molar-refractivity contribution is -0.116. The van der Waals surface area contributed by atoms with E-state index in [1.54, 1.807) is 21.1 Å². The Balaban J connectivity index is 1.78. The fraction of sp³-hybridized carbons (Fsp3) is 0.250. The van der Waals surface area contributed by atoms with Crippen LogP contribution in [0, 0.1) is 0 Å². The first-order valence-corrected chi connectivity index (χ1v) is 11.7. The number of amides is 1. The number of aryl methyl sites for hydroxylation is 1. The molecule has 0 saturated heterocycles. The maximum absolute atomic E-state index is 12.7. The van der Waals surface area contributed by atoms with E-state index in [1.807, 2.05) is 47.8 Å². The Bertz CT molecular complexity index is 1100. The smallest absolute Gasteiger partial charge is 0.341 e. The fourth-order valence-electron chi connectivity index (χ4n) is 3.21. The highest BCUT2D eigenvalue weighted by molar-refractivity contribution is 9.10. The van der Waals surface area contributed by atoms with Gasteiger partial charge in [0.15, 0.2) is 11.5 Å². The first-order valence-electron chi connectivity index (χ1n) is 10.0. The molecule has 3 rings (SSSR count). The number of thiophene rings is 1. The second-order valence-electron chi connectivity index (χ2n) is 6.79. The Morgan fingerprint density at radius 2 is 1.75 bits per heavy atom. The molecule has 0 radical (unpaired) electrons. The van der Waals surface area contributed by atoms with Gasteiger partial charge >= 0.3 is 5.97 Å². The molecule has 0 saturated carbocycles. The van der Waals surface area contributed by atoms with Crippen LogP contribution in [0.25, 0.3) is 11.1 Å². The molecule has 3 aromatic rings. The molecule has 0 aliphatic rings. The number of carbonyl (C=O) groups excluding carboxylic acids is 2. The quantitative estimate of drug-likeness (QED) is 0.355. The highest BCUT2D eigenvalue weighted by atomic mass is 79.9. The summed E-state index contributed by atoms with van der Waals surface area (Å²) in [5.74, 6) is 0.560. The van der Waals surface area contributed by atoms with Crippen LogP contribution >= 0.6 is 27.3 Å². The molecule has 6 nitrogen and oxygen atoms in total. The van der Waals surface area contributed by atoms with Crippen molar-refractivity contribution in [1.29, 1.82) is 0 Å². The van der Waals surface area contributed by atoms with Gasteiger partial charge in [0.2, 0.25) is 5.91 Å². The first kappa shape index (κ1) is 23.8. The first-order chi connectivity index (χ1) is 15.5. The fourth-order valence-corrected chi connectivity index (χ4v) is 4.71. The van der Waals surface area contributed by atoms with Crippen LogP contribution < -0.4 is 14.8 Å². The minimum atomic E-state index is -0.453. The van der Waals surface area contributed by atoms with Gasteiger partial charge in [-0.2, -0.15) is 0 Å². The maximum Gasteiger partial charge on any atom is 0.341 e. The lowest BCUT2D eigenvalue weighted by atomic mass is 10.0. The summed E-state index contributed by atoms with van der Waals surface area (Å²) in [6.45, 7) is 2.01. The van der Waals surface area contributed by atoms with E-state index < -0.39 is 5.97 Å². The average Bonchev–Trinajstić information content (AvgIpc) is 3.22. The van der Waals surface area contributed by atoms with Crippen molar-refractivity contribution in [2.24, 2.45) is 0 Å². The van der Waals surface area contributed by atoms with E-state index in [1.165, 1.54) is 11.3 Å². The van der Waals surface area contributed by atoms with Crippen LogP contribution in [-0.4, -0.2) is 32.7 Å². The van der Waals surface area contributed by atoms with Crippen molar-refractivity contribution in [1.82, 2.24) is 0 Å². The number of esters is 1. The summed E-state index contributed by atoms with van der Waals surface area (Å²) in [7, 11) is 3.14. The van der Waals surface area contributed by atoms with Crippen LogP contribution in [0.1, 0.15) is 29.3 Å². The van der Waals surface area contributed by atoms with Crippen molar-refractivity contribution >= 4 is 44.1 Å². The highest BCUT2D eigenvalue weighted by Gasteiger charge is 2.23. The van der Waals surface area contributed by atoms with Crippen molar-refractivity contribution < 1.29 is 23.8 Å². The number of nitrogens with one attached hydrogen (secondary N) is 1. The minimum Gasteiger partial charge on any atom is -0.493 e. The predicted molar refractivity (Wildman–Crippen MR) is 130 cm³/mol. The number of benzene rings is 2. The largest absolute Gasteiger partial charge is 0.493 e. The Labute approximate surface area is 199 Å². The monoisotopic (exact) mass is 517 g/mol. The second-order valence-corrected chi connectivity index (χ2v) is 8.52. The molecule has 8 heteroatoms. The molecular formula is C24H24BrNO5S. The third-order valence-corrected chi connectivity index (χ3v) is 6.42. The van der Waals surface area contributed by atoms with Gasteiger partial charge in [-0.05, 0) is 36.6 Å². The Morgan fingerprint density at radius 3 is 2.41 bits per heavy atom. The van der Waals surface area contributed by atoms with E-state index in [0.29, 0.717) is 28.5 Å². The molecule has 0 unspecified atom stereocenters. The number of carbonyl (C=O) groups is 2. The lowest BCUT2D eigenvalue weighted by Gasteiger charge is -2.12. The average molecular weight is 518 g/mol. The van der Waals surface area contributed by atoms with E-state index in [2.05, 4.69) is 21.2 Å². The Morgan fingerprint density at radius 1 is 1.06 bits per heavy atom. The van der Waals surface area contributed by atoms with Gasteiger partial charge in [0, 0.05) is 21.8 Å². The van der Waals surface area contributed by atoms with Gasteiger partial charge in [-0.15, -0.1) is 11.3 Å². The van der Waals surface area contributed by atoms with Crippen LogP contribution in [0.5, 0.6) is 11.5 Å². The van der Waals surface area contributed by atoms with Gasteiger partial charge < -0.3 is 19.5 Å². The number of ether oxygens (including phenoxy) is 3. The molecule has 1 aromatic heterocycles. The van der Waals surface area contributed by atoms with Crippen molar-refractivity contribution in [2.75, 3.05) is 26.1 Å². The van der Waals surface area contributed by atoms with Gasteiger partial charge in [-0.1, -0.05) is 46.3 Å². The van der Waals surface area contributed by atoms with Crippen molar-refractivity contribution in [3.63, 3.8) is 0 Å². The third kappa shape index (κ3) is 5.49. The van der Waals surface area contributed by atoms with Gasteiger partial charge in [0.05, 0.1) is 20.8 Å². The van der Waals surface area contributed by atoms with Crippen molar-refractivity contribution in [2.45, 2.75) is 19.8 Å². The maximum atomic E-state index is 12.7.